The first-order valence-corrected chi connectivity index (χ1v) is 11.0. The summed E-state index contributed by atoms with van der Waals surface area (Å²) in [5.74, 6) is 0.626. The Balaban J connectivity index is 0.000000298. The van der Waals surface area contributed by atoms with Gasteiger partial charge in [-0.1, -0.05) is 21.1 Å². The predicted molar refractivity (Wildman–Crippen MR) is 108 cm³/mol. The van der Waals surface area contributed by atoms with Gasteiger partial charge in [-0.15, -0.1) is 11.3 Å². The van der Waals surface area contributed by atoms with E-state index in [1.807, 2.05) is 20.8 Å². The first-order chi connectivity index (χ1) is 12.4. The SMILES string of the molecule is BrCCC1CC(c2csc(C3CCNCC3)n2)=NO1.CC(C)(C)OC=O. The molecule has 1 saturated heterocycles. The van der Waals surface area contributed by atoms with E-state index < -0.39 is 0 Å². The average Bonchev–Trinajstić information content (AvgIpc) is 3.24. The fraction of sp³-hybridized carbons (Fsp3) is 0.722. The van der Waals surface area contributed by atoms with Crippen molar-refractivity contribution in [1.82, 2.24) is 10.3 Å². The van der Waals surface area contributed by atoms with Crippen LogP contribution in [0.3, 0.4) is 0 Å². The van der Waals surface area contributed by atoms with Gasteiger partial charge < -0.3 is 14.9 Å². The Bertz CT molecular complexity index is 595. The largest absolute Gasteiger partial charge is 0.462 e. The summed E-state index contributed by atoms with van der Waals surface area (Å²) in [7, 11) is 0. The lowest BCUT2D eigenvalue weighted by Crippen LogP contribution is -2.26. The minimum Gasteiger partial charge on any atom is -0.462 e. The zero-order valence-electron chi connectivity index (χ0n) is 15.7. The second-order valence-electron chi connectivity index (χ2n) is 7.37. The number of ether oxygens (including phenoxy) is 1. The molecule has 8 heteroatoms. The highest BCUT2D eigenvalue weighted by Gasteiger charge is 2.25. The number of halogens is 1. The molecule has 1 aromatic heterocycles. The molecular weight excluding hydrogens is 418 g/mol. The first-order valence-electron chi connectivity index (χ1n) is 8.99. The molecule has 2 aliphatic rings. The summed E-state index contributed by atoms with van der Waals surface area (Å²) in [4.78, 5) is 19.8. The van der Waals surface area contributed by atoms with Crippen LogP contribution in [0.1, 0.15) is 63.1 Å². The quantitative estimate of drug-likeness (QED) is 0.550. The van der Waals surface area contributed by atoms with E-state index in [1.54, 1.807) is 11.3 Å². The van der Waals surface area contributed by atoms with Gasteiger partial charge in [0.05, 0.1) is 10.7 Å². The van der Waals surface area contributed by atoms with Crippen molar-refractivity contribution in [3.8, 4) is 0 Å². The molecule has 3 heterocycles. The molecule has 3 rings (SSSR count). The zero-order valence-corrected chi connectivity index (χ0v) is 18.1. The van der Waals surface area contributed by atoms with Crippen molar-refractivity contribution in [1.29, 1.82) is 0 Å². The fourth-order valence-electron chi connectivity index (χ4n) is 2.68. The summed E-state index contributed by atoms with van der Waals surface area (Å²) < 4.78 is 4.55. The fourth-order valence-corrected chi connectivity index (χ4v) is 4.19. The summed E-state index contributed by atoms with van der Waals surface area (Å²) in [5.41, 5.74) is 1.72. The molecule has 0 bridgehead atoms. The number of carbonyl (C=O) groups is 1. The van der Waals surface area contributed by atoms with Gasteiger partial charge in [0.2, 0.25) is 0 Å². The standard InChI is InChI=1S/C13H18BrN3OS.C5H10O2/c14-4-1-10-7-11(17-18-10)12-8-19-13(16-12)9-2-5-15-6-3-9;1-5(2,3)7-4-6/h8-10,15H,1-7H2;4H,1-3H3. The van der Waals surface area contributed by atoms with E-state index >= 15 is 0 Å². The van der Waals surface area contributed by atoms with Crippen LogP contribution in [-0.4, -0.2) is 47.3 Å². The smallest absolute Gasteiger partial charge is 0.293 e. The van der Waals surface area contributed by atoms with Crippen molar-refractivity contribution in [3.05, 3.63) is 16.1 Å². The average molecular weight is 446 g/mol. The number of carbonyl (C=O) groups excluding carboxylic acids is 1. The van der Waals surface area contributed by atoms with Crippen LogP contribution in [0.15, 0.2) is 10.5 Å². The number of nitrogens with one attached hydrogen (secondary N) is 1. The number of aromatic nitrogens is 1. The van der Waals surface area contributed by atoms with Crippen LogP contribution in [0.2, 0.25) is 0 Å². The van der Waals surface area contributed by atoms with Crippen LogP contribution in [0.25, 0.3) is 0 Å². The first kappa shape index (κ1) is 21.3. The molecule has 0 amide bonds. The van der Waals surface area contributed by atoms with E-state index in [-0.39, 0.29) is 11.7 Å². The summed E-state index contributed by atoms with van der Waals surface area (Å²) in [6, 6.07) is 0. The number of thiazole rings is 1. The topological polar surface area (TPSA) is 72.8 Å². The molecule has 1 fully saturated rings. The Morgan fingerprint density at radius 3 is 2.73 bits per heavy atom. The van der Waals surface area contributed by atoms with Crippen molar-refractivity contribution < 1.29 is 14.4 Å². The van der Waals surface area contributed by atoms with Crippen LogP contribution in [-0.2, 0) is 14.4 Å². The Labute approximate surface area is 167 Å². The van der Waals surface area contributed by atoms with Gasteiger partial charge in [0, 0.05) is 23.0 Å². The molecule has 1 atom stereocenters. The van der Waals surface area contributed by atoms with Gasteiger partial charge in [0.15, 0.2) is 0 Å². The second kappa shape index (κ2) is 10.4. The maximum atomic E-state index is 9.60. The Kier molecular flexibility index (Phi) is 8.50. The van der Waals surface area contributed by atoms with Gasteiger partial charge in [0.25, 0.3) is 6.47 Å². The Hall–Kier alpha value is -0.990. The van der Waals surface area contributed by atoms with Crippen LogP contribution in [0, 0.1) is 0 Å². The van der Waals surface area contributed by atoms with Crippen molar-refractivity contribution >= 4 is 39.5 Å². The van der Waals surface area contributed by atoms with Gasteiger partial charge in [0.1, 0.15) is 17.4 Å². The highest BCUT2D eigenvalue weighted by atomic mass is 79.9. The molecule has 0 aromatic carbocycles. The van der Waals surface area contributed by atoms with Crippen molar-refractivity contribution in [2.75, 3.05) is 18.4 Å². The monoisotopic (exact) mass is 445 g/mol. The van der Waals surface area contributed by atoms with Crippen molar-refractivity contribution in [2.24, 2.45) is 5.16 Å². The van der Waals surface area contributed by atoms with Gasteiger partial charge in [-0.25, -0.2) is 4.98 Å². The van der Waals surface area contributed by atoms with E-state index in [9.17, 15) is 4.79 Å². The van der Waals surface area contributed by atoms with E-state index in [1.165, 1.54) is 17.8 Å². The lowest BCUT2D eigenvalue weighted by molar-refractivity contribution is -0.138. The number of piperidine rings is 1. The normalized spacial score (nSPS) is 20.6. The minimum absolute atomic E-state index is 0.221. The maximum Gasteiger partial charge on any atom is 0.293 e. The molecule has 6 nitrogen and oxygen atoms in total. The summed E-state index contributed by atoms with van der Waals surface area (Å²) in [5, 5.41) is 11.9. The zero-order chi connectivity index (χ0) is 19.0. The lowest BCUT2D eigenvalue weighted by Gasteiger charge is -2.20. The number of nitrogens with zero attached hydrogens (tertiary/aromatic N) is 2. The van der Waals surface area contributed by atoms with Crippen LogP contribution >= 0.6 is 27.3 Å². The molecule has 1 N–H and O–H groups in total. The molecule has 0 spiro atoms. The molecular formula is C18H28BrN3O3S. The van der Waals surface area contributed by atoms with E-state index in [0.29, 0.717) is 12.4 Å². The molecule has 0 aliphatic carbocycles. The number of rotatable bonds is 5. The third-order valence-electron chi connectivity index (χ3n) is 4.07. The maximum absolute atomic E-state index is 9.60. The van der Waals surface area contributed by atoms with Crippen LogP contribution in [0.4, 0.5) is 0 Å². The van der Waals surface area contributed by atoms with Gasteiger partial charge in [-0.3, -0.25) is 4.79 Å². The van der Waals surface area contributed by atoms with E-state index in [0.717, 1.165) is 42.7 Å². The van der Waals surface area contributed by atoms with Gasteiger partial charge in [-0.05, 0) is 53.1 Å². The number of alkyl halides is 1. The molecule has 1 unspecified atom stereocenters. The molecule has 0 saturated carbocycles. The summed E-state index contributed by atoms with van der Waals surface area (Å²) in [6.45, 7) is 8.14. The molecule has 146 valence electrons. The third kappa shape index (κ3) is 6.96. The van der Waals surface area contributed by atoms with Crippen LogP contribution in [0.5, 0.6) is 0 Å². The molecule has 26 heavy (non-hydrogen) atoms. The van der Waals surface area contributed by atoms with Gasteiger partial charge in [-0.2, -0.15) is 0 Å². The summed E-state index contributed by atoms with van der Waals surface area (Å²) in [6.07, 6.45) is 4.50. The number of hydrogen-bond acceptors (Lipinski definition) is 7. The minimum atomic E-state index is -0.318. The predicted octanol–water partition coefficient (Wildman–Crippen LogP) is 3.85. The number of oxime groups is 1. The second-order valence-corrected chi connectivity index (χ2v) is 9.05. The van der Waals surface area contributed by atoms with Crippen LogP contribution < -0.4 is 5.32 Å². The Morgan fingerprint density at radius 2 is 2.15 bits per heavy atom. The molecule has 2 aliphatic heterocycles. The number of hydrogen-bond donors (Lipinski definition) is 1. The Morgan fingerprint density at radius 1 is 1.42 bits per heavy atom. The highest BCUT2D eigenvalue weighted by Crippen LogP contribution is 2.29. The highest BCUT2D eigenvalue weighted by molar-refractivity contribution is 9.09. The van der Waals surface area contributed by atoms with Crippen molar-refractivity contribution in [2.45, 2.75) is 64.1 Å². The van der Waals surface area contributed by atoms with E-state index in [4.69, 9.17) is 9.82 Å². The lowest BCUT2D eigenvalue weighted by atomic mass is 9.99. The van der Waals surface area contributed by atoms with Gasteiger partial charge >= 0.3 is 0 Å². The molecule has 0 radical (unpaired) electrons. The van der Waals surface area contributed by atoms with E-state index in [2.05, 4.69) is 36.5 Å². The van der Waals surface area contributed by atoms with Crippen molar-refractivity contribution in [3.63, 3.8) is 0 Å². The molecule has 1 aromatic rings. The third-order valence-corrected chi connectivity index (χ3v) is 5.54. The summed E-state index contributed by atoms with van der Waals surface area (Å²) >= 11 is 5.21.